The highest BCUT2D eigenvalue weighted by molar-refractivity contribution is 7.18. The lowest BCUT2D eigenvalue weighted by Gasteiger charge is -2.27. The number of nitrogens with one attached hydrogen (secondary N) is 1. The van der Waals surface area contributed by atoms with Crippen molar-refractivity contribution in [3.63, 3.8) is 0 Å². The van der Waals surface area contributed by atoms with Crippen LogP contribution in [0, 0.1) is 5.82 Å². The molecule has 0 aliphatic rings. The normalized spacial score (nSPS) is 11.8. The highest BCUT2D eigenvalue weighted by atomic mass is 31.0. The summed E-state index contributed by atoms with van der Waals surface area (Å²) < 4.78 is 15.1. The standard InChI is InChI=1S/C25H29FN3OP/c1-4-25(31,5-2)20-10-14-22(15-11-20)28-23(30)16-9-19-17-27-29(6-3)24(19)18-7-12-21(26)13-8-18/h7-17H,4-6,31H2,1-3H3,(H,28,30)/b16-9+. The maximum atomic E-state index is 13.3. The Kier molecular flexibility index (Phi) is 7.40. The van der Waals surface area contributed by atoms with Gasteiger partial charge in [0, 0.05) is 34.6 Å². The average Bonchev–Trinajstić information content (AvgIpc) is 3.21. The summed E-state index contributed by atoms with van der Waals surface area (Å²) in [5.41, 5.74) is 4.50. The van der Waals surface area contributed by atoms with Crippen molar-refractivity contribution in [2.24, 2.45) is 0 Å². The Morgan fingerprint density at radius 1 is 1.10 bits per heavy atom. The van der Waals surface area contributed by atoms with E-state index in [-0.39, 0.29) is 16.9 Å². The quantitative estimate of drug-likeness (QED) is 0.334. The van der Waals surface area contributed by atoms with Crippen molar-refractivity contribution < 1.29 is 9.18 Å². The Morgan fingerprint density at radius 3 is 2.32 bits per heavy atom. The smallest absolute Gasteiger partial charge is 0.248 e. The number of aryl methyl sites for hydroxylation is 1. The van der Waals surface area contributed by atoms with Gasteiger partial charge in [-0.3, -0.25) is 9.48 Å². The molecule has 31 heavy (non-hydrogen) atoms. The van der Waals surface area contributed by atoms with E-state index in [1.807, 2.05) is 23.7 Å². The molecule has 1 aromatic heterocycles. The highest BCUT2D eigenvalue weighted by Gasteiger charge is 2.22. The number of carbonyl (C=O) groups is 1. The van der Waals surface area contributed by atoms with Crippen molar-refractivity contribution in [2.45, 2.75) is 45.3 Å². The summed E-state index contributed by atoms with van der Waals surface area (Å²) in [6.07, 6.45) is 7.02. The first-order chi connectivity index (χ1) is 14.9. The molecular formula is C25H29FN3OP. The van der Waals surface area contributed by atoms with Gasteiger partial charge in [-0.2, -0.15) is 5.10 Å². The van der Waals surface area contributed by atoms with Crippen LogP contribution in [0.2, 0.25) is 0 Å². The maximum absolute atomic E-state index is 13.3. The van der Waals surface area contributed by atoms with Gasteiger partial charge in [-0.15, -0.1) is 9.24 Å². The van der Waals surface area contributed by atoms with Crippen molar-refractivity contribution >= 4 is 26.9 Å². The van der Waals surface area contributed by atoms with Gasteiger partial charge in [0.2, 0.25) is 5.91 Å². The molecule has 0 fully saturated rings. The first-order valence-electron chi connectivity index (χ1n) is 10.6. The molecular weight excluding hydrogens is 408 g/mol. The molecule has 0 bridgehead atoms. The number of rotatable bonds is 8. The molecule has 0 aliphatic heterocycles. The average molecular weight is 437 g/mol. The van der Waals surface area contributed by atoms with Crippen LogP contribution in [0.5, 0.6) is 0 Å². The number of hydrogen-bond donors (Lipinski definition) is 1. The van der Waals surface area contributed by atoms with Crippen LogP contribution in [0.25, 0.3) is 17.3 Å². The van der Waals surface area contributed by atoms with Crippen molar-refractivity contribution in [1.82, 2.24) is 9.78 Å². The number of anilines is 1. The zero-order valence-electron chi connectivity index (χ0n) is 18.2. The number of aromatic nitrogens is 2. The molecule has 1 unspecified atom stereocenters. The predicted molar refractivity (Wildman–Crippen MR) is 129 cm³/mol. The van der Waals surface area contributed by atoms with Crippen LogP contribution in [0.3, 0.4) is 0 Å². The molecule has 2 aromatic carbocycles. The SMILES string of the molecule is CCn1ncc(/C=C/C(=O)Nc2ccc(C(P)(CC)CC)cc2)c1-c1ccc(F)cc1. The fourth-order valence-corrected chi connectivity index (χ4v) is 3.77. The molecule has 0 aliphatic carbocycles. The van der Waals surface area contributed by atoms with Gasteiger partial charge in [0.05, 0.1) is 11.9 Å². The Morgan fingerprint density at radius 2 is 1.74 bits per heavy atom. The van der Waals surface area contributed by atoms with Crippen LogP contribution in [0.15, 0.2) is 60.8 Å². The van der Waals surface area contributed by atoms with Crippen LogP contribution in [0.1, 0.15) is 44.7 Å². The van der Waals surface area contributed by atoms with E-state index < -0.39 is 0 Å². The van der Waals surface area contributed by atoms with E-state index in [4.69, 9.17) is 0 Å². The molecule has 3 aromatic rings. The van der Waals surface area contributed by atoms with Gasteiger partial charge in [0.25, 0.3) is 0 Å². The van der Waals surface area contributed by atoms with Gasteiger partial charge >= 0.3 is 0 Å². The first kappa shape index (κ1) is 22.9. The zero-order valence-corrected chi connectivity index (χ0v) is 19.4. The summed E-state index contributed by atoms with van der Waals surface area (Å²) in [6, 6.07) is 14.3. The van der Waals surface area contributed by atoms with E-state index in [1.165, 1.54) is 23.8 Å². The van der Waals surface area contributed by atoms with E-state index in [1.54, 1.807) is 24.4 Å². The Hall–Kier alpha value is -2.78. The number of nitrogens with zero attached hydrogens (tertiary/aromatic N) is 2. The summed E-state index contributed by atoms with van der Waals surface area (Å²) >= 11 is 0. The molecule has 0 saturated carbocycles. The lowest BCUT2D eigenvalue weighted by atomic mass is 9.92. The van der Waals surface area contributed by atoms with Gasteiger partial charge < -0.3 is 5.32 Å². The molecule has 1 N–H and O–H groups in total. The first-order valence-corrected chi connectivity index (χ1v) is 11.2. The molecule has 1 amide bonds. The zero-order chi connectivity index (χ0) is 22.4. The van der Waals surface area contributed by atoms with Crippen LogP contribution >= 0.6 is 9.24 Å². The second-order valence-corrected chi connectivity index (χ2v) is 8.64. The van der Waals surface area contributed by atoms with Crippen LogP contribution in [-0.4, -0.2) is 15.7 Å². The Balaban J connectivity index is 1.75. The van der Waals surface area contributed by atoms with Crippen molar-refractivity contribution in [2.75, 3.05) is 5.32 Å². The van der Waals surface area contributed by atoms with Crippen molar-refractivity contribution in [3.05, 3.63) is 77.7 Å². The fraction of sp³-hybridized carbons (Fsp3) is 0.280. The number of halogens is 1. The lowest BCUT2D eigenvalue weighted by molar-refractivity contribution is -0.111. The minimum atomic E-state index is -0.286. The summed E-state index contributed by atoms with van der Waals surface area (Å²) in [6.45, 7) is 7.02. The van der Waals surface area contributed by atoms with Crippen molar-refractivity contribution in [3.8, 4) is 11.3 Å². The largest absolute Gasteiger partial charge is 0.323 e. The molecule has 1 heterocycles. The minimum absolute atomic E-state index is 0.0681. The Bertz CT molecular complexity index is 1050. The molecule has 6 heteroatoms. The number of amides is 1. The molecule has 162 valence electrons. The second kappa shape index (κ2) is 10.0. The third-order valence-electron chi connectivity index (χ3n) is 5.69. The predicted octanol–water partition coefficient (Wildman–Crippen LogP) is 6.25. The summed E-state index contributed by atoms with van der Waals surface area (Å²) in [7, 11) is 2.96. The Labute approximate surface area is 185 Å². The highest BCUT2D eigenvalue weighted by Crippen LogP contribution is 2.38. The van der Waals surface area contributed by atoms with E-state index >= 15 is 0 Å². The monoisotopic (exact) mass is 437 g/mol. The third-order valence-corrected chi connectivity index (χ3v) is 6.84. The molecule has 1 atom stereocenters. The van der Waals surface area contributed by atoms with Crippen LogP contribution in [0.4, 0.5) is 10.1 Å². The third kappa shape index (κ3) is 5.29. The maximum Gasteiger partial charge on any atom is 0.248 e. The molecule has 3 rings (SSSR count). The summed E-state index contributed by atoms with van der Waals surface area (Å²) in [4.78, 5) is 12.5. The van der Waals surface area contributed by atoms with E-state index in [9.17, 15) is 9.18 Å². The van der Waals surface area contributed by atoms with Crippen LogP contribution in [-0.2, 0) is 16.5 Å². The van der Waals surface area contributed by atoms with Gasteiger partial charge in [-0.05, 0) is 67.8 Å². The number of carbonyl (C=O) groups excluding carboxylic acids is 1. The second-order valence-electron chi connectivity index (χ2n) is 7.53. The van der Waals surface area contributed by atoms with Crippen molar-refractivity contribution in [1.29, 1.82) is 0 Å². The molecule has 0 spiro atoms. The van der Waals surface area contributed by atoms with E-state index in [0.29, 0.717) is 6.54 Å². The van der Waals surface area contributed by atoms with Gasteiger partial charge in [0.1, 0.15) is 5.82 Å². The minimum Gasteiger partial charge on any atom is -0.323 e. The molecule has 4 nitrogen and oxygen atoms in total. The molecule has 0 saturated heterocycles. The topological polar surface area (TPSA) is 46.9 Å². The fourth-order valence-electron chi connectivity index (χ4n) is 3.58. The van der Waals surface area contributed by atoms with Gasteiger partial charge in [-0.25, -0.2) is 4.39 Å². The molecule has 0 radical (unpaired) electrons. The van der Waals surface area contributed by atoms with Crippen LogP contribution < -0.4 is 5.32 Å². The number of benzene rings is 2. The van der Waals surface area contributed by atoms with E-state index in [2.05, 4.69) is 45.6 Å². The summed E-state index contributed by atoms with van der Waals surface area (Å²) in [5.74, 6) is -0.504. The lowest BCUT2D eigenvalue weighted by Crippen LogP contribution is -2.15. The van der Waals surface area contributed by atoms with E-state index in [0.717, 1.165) is 35.3 Å². The van der Waals surface area contributed by atoms with Gasteiger partial charge in [0.15, 0.2) is 0 Å². The van der Waals surface area contributed by atoms with Gasteiger partial charge in [-0.1, -0.05) is 26.0 Å². The number of hydrogen-bond acceptors (Lipinski definition) is 2. The summed E-state index contributed by atoms with van der Waals surface area (Å²) in [5, 5.41) is 7.36.